The van der Waals surface area contributed by atoms with E-state index in [1.165, 1.54) is 6.92 Å². The Kier molecular flexibility index (Phi) is 6.58. The number of nitrogens with zero attached hydrogens (tertiary/aromatic N) is 2. The maximum absolute atomic E-state index is 13.1. The van der Waals surface area contributed by atoms with Crippen molar-refractivity contribution in [3.05, 3.63) is 24.3 Å². The summed E-state index contributed by atoms with van der Waals surface area (Å²) in [5.74, 6) is 1.12. The van der Waals surface area contributed by atoms with Gasteiger partial charge in [-0.2, -0.15) is 0 Å². The Balaban J connectivity index is 1.63. The molecule has 0 radical (unpaired) electrons. The number of carbonyl (C=O) groups is 2. The number of piperazine rings is 1. The Morgan fingerprint density at radius 3 is 2.44 bits per heavy atom. The molecule has 1 aromatic rings. The first-order chi connectivity index (χ1) is 13.1. The Hall–Kier alpha value is -2.24. The Bertz CT molecular complexity index is 650. The molecule has 2 amide bonds. The maximum Gasteiger partial charge on any atom is 0.245 e. The number of amides is 2. The van der Waals surface area contributed by atoms with Crippen LogP contribution in [0.1, 0.15) is 39.5 Å². The van der Waals surface area contributed by atoms with Gasteiger partial charge in [0.15, 0.2) is 0 Å². The average molecular weight is 373 g/mol. The number of hydrogen-bond acceptors (Lipinski definition) is 4. The number of ether oxygens (including phenoxy) is 1. The van der Waals surface area contributed by atoms with Crippen molar-refractivity contribution in [2.75, 3.05) is 37.7 Å². The van der Waals surface area contributed by atoms with Gasteiger partial charge in [0.2, 0.25) is 11.8 Å². The maximum atomic E-state index is 13.1. The van der Waals surface area contributed by atoms with Gasteiger partial charge in [-0.05, 0) is 37.8 Å². The Morgan fingerprint density at radius 2 is 1.81 bits per heavy atom. The van der Waals surface area contributed by atoms with Crippen molar-refractivity contribution < 1.29 is 14.3 Å². The van der Waals surface area contributed by atoms with E-state index in [4.69, 9.17) is 4.74 Å². The average Bonchev–Trinajstić information content (AvgIpc) is 3.21. The second-order valence-electron chi connectivity index (χ2n) is 7.44. The minimum Gasteiger partial charge on any atom is -0.492 e. The molecular formula is C21H31N3O3. The van der Waals surface area contributed by atoms with E-state index in [2.05, 4.69) is 16.3 Å². The van der Waals surface area contributed by atoms with Gasteiger partial charge in [0.05, 0.1) is 12.3 Å². The Labute approximate surface area is 161 Å². The molecule has 6 heteroatoms. The molecule has 1 saturated carbocycles. The highest BCUT2D eigenvalue weighted by Crippen LogP contribution is 2.31. The lowest BCUT2D eigenvalue weighted by Gasteiger charge is -2.39. The van der Waals surface area contributed by atoms with Crippen LogP contribution in [0, 0.1) is 5.92 Å². The second kappa shape index (κ2) is 9.11. The third kappa shape index (κ3) is 4.73. The first-order valence-corrected chi connectivity index (χ1v) is 10.1. The predicted molar refractivity (Wildman–Crippen MR) is 106 cm³/mol. The van der Waals surface area contributed by atoms with Crippen LogP contribution >= 0.6 is 0 Å². The van der Waals surface area contributed by atoms with Gasteiger partial charge in [-0.15, -0.1) is 0 Å². The van der Waals surface area contributed by atoms with Crippen LogP contribution in [0.25, 0.3) is 0 Å². The van der Waals surface area contributed by atoms with Crippen LogP contribution < -0.4 is 15.0 Å². The van der Waals surface area contributed by atoms with Crippen molar-refractivity contribution in [1.82, 2.24) is 10.2 Å². The molecule has 3 rings (SSSR count). The van der Waals surface area contributed by atoms with Crippen molar-refractivity contribution >= 4 is 17.5 Å². The summed E-state index contributed by atoms with van der Waals surface area (Å²) in [6.07, 6.45) is 4.35. The molecule has 1 heterocycles. The van der Waals surface area contributed by atoms with Crippen molar-refractivity contribution in [1.29, 1.82) is 0 Å². The van der Waals surface area contributed by atoms with Gasteiger partial charge in [-0.3, -0.25) is 9.59 Å². The molecule has 6 nitrogen and oxygen atoms in total. The monoisotopic (exact) mass is 373 g/mol. The fourth-order valence-electron chi connectivity index (χ4n) is 4.25. The van der Waals surface area contributed by atoms with Gasteiger partial charge in [0, 0.05) is 33.1 Å². The zero-order valence-corrected chi connectivity index (χ0v) is 16.4. The van der Waals surface area contributed by atoms with E-state index in [-0.39, 0.29) is 23.8 Å². The molecule has 1 atom stereocenters. The molecule has 2 fully saturated rings. The lowest BCUT2D eigenvalue weighted by Crippen LogP contribution is -2.56. The van der Waals surface area contributed by atoms with Gasteiger partial charge in [0.1, 0.15) is 11.8 Å². The quantitative estimate of drug-likeness (QED) is 0.832. The van der Waals surface area contributed by atoms with Crippen LogP contribution in [0.2, 0.25) is 0 Å². The summed E-state index contributed by atoms with van der Waals surface area (Å²) in [6.45, 7) is 7.00. The second-order valence-corrected chi connectivity index (χ2v) is 7.44. The largest absolute Gasteiger partial charge is 0.492 e. The lowest BCUT2D eigenvalue weighted by atomic mass is 9.96. The predicted octanol–water partition coefficient (Wildman–Crippen LogP) is 2.43. The summed E-state index contributed by atoms with van der Waals surface area (Å²) < 4.78 is 5.74. The first-order valence-electron chi connectivity index (χ1n) is 10.1. The SMILES string of the molecule is CCOc1ccccc1N1CCN(C(=O)C(NC(C)=O)C2CCCC2)CC1. The molecule has 1 saturated heterocycles. The smallest absolute Gasteiger partial charge is 0.245 e. The van der Waals surface area contributed by atoms with E-state index >= 15 is 0 Å². The van der Waals surface area contributed by atoms with Crippen LogP contribution in [0.4, 0.5) is 5.69 Å². The minimum atomic E-state index is -0.368. The molecule has 2 aliphatic rings. The van der Waals surface area contributed by atoms with E-state index < -0.39 is 0 Å². The third-order valence-electron chi connectivity index (χ3n) is 5.59. The van der Waals surface area contributed by atoms with Gasteiger partial charge < -0.3 is 19.9 Å². The van der Waals surface area contributed by atoms with Crippen LogP contribution in [-0.2, 0) is 9.59 Å². The molecule has 0 bridgehead atoms. The highest BCUT2D eigenvalue weighted by atomic mass is 16.5. The van der Waals surface area contributed by atoms with Crippen LogP contribution in [-0.4, -0.2) is 55.5 Å². The molecule has 1 aliphatic heterocycles. The number of hydrogen-bond donors (Lipinski definition) is 1. The zero-order chi connectivity index (χ0) is 19.2. The molecule has 1 unspecified atom stereocenters. The summed E-state index contributed by atoms with van der Waals surface area (Å²) in [5.41, 5.74) is 1.08. The third-order valence-corrected chi connectivity index (χ3v) is 5.59. The summed E-state index contributed by atoms with van der Waals surface area (Å²) in [4.78, 5) is 28.9. The van der Waals surface area contributed by atoms with E-state index in [1.807, 2.05) is 30.0 Å². The zero-order valence-electron chi connectivity index (χ0n) is 16.4. The Morgan fingerprint density at radius 1 is 1.15 bits per heavy atom. The van der Waals surface area contributed by atoms with Crippen molar-refractivity contribution in [3.63, 3.8) is 0 Å². The standard InChI is InChI=1S/C21H31N3O3/c1-3-27-19-11-7-6-10-18(19)23-12-14-24(15-13-23)21(26)20(22-16(2)25)17-8-4-5-9-17/h6-7,10-11,17,20H,3-5,8-9,12-15H2,1-2H3,(H,22,25). The van der Waals surface area contributed by atoms with Crippen LogP contribution in [0.5, 0.6) is 5.75 Å². The van der Waals surface area contributed by atoms with Gasteiger partial charge in [-0.25, -0.2) is 0 Å². The van der Waals surface area contributed by atoms with Crippen molar-refractivity contribution in [2.24, 2.45) is 5.92 Å². The van der Waals surface area contributed by atoms with E-state index in [0.29, 0.717) is 19.7 Å². The number of para-hydroxylation sites is 2. The minimum absolute atomic E-state index is 0.0786. The number of benzene rings is 1. The fraction of sp³-hybridized carbons (Fsp3) is 0.619. The van der Waals surface area contributed by atoms with E-state index in [0.717, 1.165) is 50.2 Å². The van der Waals surface area contributed by atoms with E-state index in [9.17, 15) is 9.59 Å². The number of rotatable bonds is 6. The normalized spacial score (nSPS) is 19.0. The molecule has 1 aromatic carbocycles. The van der Waals surface area contributed by atoms with Crippen LogP contribution in [0.15, 0.2) is 24.3 Å². The molecule has 0 spiro atoms. The molecule has 148 valence electrons. The molecular weight excluding hydrogens is 342 g/mol. The summed E-state index contributed by atoms with van der Waals surface area (Å²) >= 11 is 0. The van der Waals surface area contributed by atoms with Crippen molar-refractivity contribution in [3.8, 4) is 5.75 Å². The molecule has 1 aliphatic carbocycles. The summed E-state index contributed by atoms with van der Waals surface area (Å²) in [6, 6.07) is 7.69. The highest BCUT2D eigenvalue weighted by molar-refractivity contribution is 5.87. The fourth-order valence-corrected chi connectivity index (χ4v) is 4.25. The molecule has 0 aromatic heterocycles. The van der Waals surface area contributed by atoms with Gasteiger partial charge >= 0.3 is 0 Å². The van der Waals surface area contributed by atoms with Gasteiger partial charge in [-0.1, -0.05) is 25.0 Å². The topological polar surface area (TPSA) is 61.9 Å². The van der Waals surface area contributed by atoms with Gasteiger partial charge in [0.25, 0.3) is 0 Å². The molecule has 27 heavy (non-hydrogen) atoms. The number of nitrogens with one attached hydrogen (secondary N) is 1. The summed E-state index contributed by atoms with van der Waals surface area (Å²) in [7, 11) is 0. The molecule has 1 N–H and O–H groups in total. The van der Waals surface area contributed by atoms with Crippen LogP contribution in [0.3, 0.4) is 0 Å². The van der Waals surface area contributed by atoms with Crippen molar-refractivity contribution in [2.45, 2.75) is 45.6 Å². The summed E-state index contributed by atoms with van der Waals surface area (Å²) in [5, 5.41) is 2.92. The lowest BCUT2D eigenvalue weighted by molar-refractivity contribution is -0.137. The highest BCUT2D eigenvalue weighted by Gasteiger charge is 2.35. The number of anilines is 1. The van der Waals surface area contributed by atoms with E-state index in [1.54, 1.807) is 0 Å². The first kappa shape index (κ1) is 19.5. The number of carbonyl (C=O) groups excluding carboxylic acids is 2.